The van der Waals surface area contributed by atoms with Crippen LogP contribution in [-0.4, -0.2) is 11.2 Å². The Labute approximate surface area is 81.5 Å². The number of aliphatic hydroxyl groups is 1. The summed E-state index contributed by atoms with van der Waals surface area (Å²) in [6.07, 6.45) is 3.71. The average Bonchev–Trinajstić information content (AvgIpc) is 2.75. The van der Waals surface area contributed by atoms with Gasteiger partial charge < -0.3 is 5.11 Å². The number of rotatable bonds is 3. The largest absolute Gasteiger partial charge is 0.393 e. The van der Waals surface area contributed by atoms with Crippen molar-refractivity contribution in [2.24, 2.45) is 22.7 Å². The monoisotopic (exact) mass is 182 g/mol. The lowest BCUT2D eigenvalue weighted by Gasteiger charge is -2.11. The molecule has 0 saturated heterocycles. The first-order valence-electron chi connectivity index (χ1n) is 5.55. The predicted molar refractivity (Wildman–Crippen MR) is 54.4 cm³/mol. The molecule has 0 aromatic rings. The Balaban J connectivity index is 1.94. The summed E-state index contributed by atoms with van der Waals surface area (Å²) in [6, 6.07) is 0. The topological polar surface area (TPSA) is 20.2 Å². The Kier molecular flexibility index (Phi) is 1.83. The van der Waals surface area contributed by atoms with Crippen LogP contribution in [0.3, 0.4) is 0 Å². The fraction of sp³-hybridized carbons (Fsp3) is 1.00. The van der Waals surface area contributed by atoms with Gasteiger partial charge in [-0.2, -0.15) is 0 Å². The Morgan fingerprint density at radius 2 is 1.62 bits per heavy atom. The molecule has 2 rings (SSSR count). The first kappa shape index (κ1) is 9.51. The SMILES string of the molecule is CC1(C)C(C(O)CC2CC2)C1(C)C. The molecule has 0 spiro atoms. The molecule has 1 unspecified atom stereocenters. The zero-order valence-electron chi connectivity index (χ0n) is 9.30. The van der Waals surface area contributed by atoms with Gasteiger partial charge in [-0.25, -0.2) is 0 Å². The molecule has 1 atom stereocenters. The predicted octanol–water partition coefficient (Wildman–Crippen LogP) is 2.83. The number of aliphatic hydroxyl groups excluding tert-OH is 1. The molecule has 1 heteroatoms. The van der Waals surface area contributed by atoms with Crippen LogP contribution >= 0.6 is 0 Å². The third-order valence-corrected chi connectivity index (χ3v) is 4.79. The smallest absolute Gasteiger partial charge is 0.0581 e. The zero-order valence-corrected chi connectivity index (χ0v) is 9.30. The van der Waals surface area contributed by atoms with Crippen molar-refractivity contribution in [3.8, 4) is 0 Å². The molecule has 2 aliphatic rings. The minimum absolute atomic E-state index is 0.0440. The van der Waals surface area contributed by atoms with E-state index in [0.29, 0.717) is 16.7 Å². The molecule has 76 valence electrons. The summed E-state index contributed by atoms with van der Waals surface area (Å²) in [5.41, 5.74) is 0.697. The van der Waals surface area contributed by atoms with Crippen LogP contribution in [0.2, 0.25) is 0 Å². The highest BCUT2D eigenvalue weighted by molar-refractivity contribution is 5.15. The first-order valence-corrected chi connectivity index (χ1v) is 5.55. The number of hydrogen-bond acceptors (Lipinski definition) is 1. The fourth-order valence-electron chi connectivity index (χ4n) is 3.04. The summed E-state index contributed by atoms with van der Waals surface area (Å²) < 4.78 is 0. The van der Waals surface area contributed by atoms with E-state index in [1.165, 1.54) is 12.8 Å². The molecule has 1 nitrogen and oxygen atoms in total. The summed E-state index contributed by atoms with van der Waals surface area (Å²) in [5.74, 6) is 1.38. The van der Waals surface area contributed by atoms with E-state index in [1.54, 1.807) is 0 Å². The first-order chi connectivity index (χ1) is 5.87. The molecular weight excluding hydrogens is 160 g/mol. The van der Waals surface area contributed by atoms with Crippen molar-refractivity contribution in [2.75, 3.05) is 0 Å². The molecule has 2 aliphatic carbocycles. The lowest BCUT2D eigenvalue weighted by molar-refractivity contribution is 0.114. The maximum atomic E-state index is 10.1. The molecule has 2 saturated carbocycles. The van der Waals surface area contributed by atoms with Crippen molar-refractivity contribution in [2.45, 2.75) is 53.1 Å². The van der Waals surface area contributed by atoms with Crippen LogP contribution in [0.1, 0.15) is 47.0 Å². The maximum Gasteiger partial charge on any atom is 0.0581 e. The molecule has 0 heterocycles. The van der Waals surface area contributed by atoms with Gasteiger partial charge in [-0.3, -0.25) is 0 Å². The Morgan fingerprint density at radius 3 is 1.92 bits per heavy atom. The van der Waals surface area contributed by atoms with Gasteiger partial charge in [-0.05, 0) is 29.1 Å². The molecule has 0 bridgehead atoms. The van der Waals surface area contributed by atoms with Gasteiger partial charge >= 0.3 is 0 Å². The Morgan fingerprint density at radius 1 is 1.15 bits per heavy atom. The Hall–Kier alpha value is -0.0400. The van der Waals surface area contributed by atoms with Crippen LogP contribution in [0, 0.1) is 22.7 Å². The van der Waals surface area contributed by atoms with Crippen LogP contribution < -0.4 is 0 Å². The second-order valence-corrected chi connectivity index (χ2v) is 6.17. The van der Waals surface area contributed by atoms with Gasteiger partial charge in [0.05, 0.1) is 6.10 Å². The number of hydrogen-bond donors (Lipinski definition) is 1. The second kappa shape index (κ2) is 2.50. The maximum absolute atomic E-state index is 10.1. The van der Waals surface area contributed by atoms with E-state index in [2.05, 4.69) is 27.7 Å². The van der Waals surface area contributed by atoms with Gasteiger partial charge in [0.25, 0.3) is 0 Å². The highest BCUT2D eigenvalue weighted by Gasteiger charge is 2.67. The fourth-order valence-corrected chi connectivity index (χ4v) is 3.04. The minimum atomic E-state index is -0.0440. The third-order valence-electron chi connectivity index (χ3n) is 4.79. The summed E-state index contributed by atoms with van der Waals surface area (Å²) >= 11 is 0. The molecule has 0 aromatic heterocycles. The van der Waals surface area contributed by atoms with Gasteiger partial charge in [-0.15, -0.1) is 0 Å². The van der Waals surface area contributed by atoms with E-state index in [0.717, 1.165) is 12.3 Å². The van der Waals surface area contributed by atoms with Gasteiger partial charge in [0, 0.05) is 0 Å². The van der Waals surface area contributed by atoms with Gasteiger partial charge in [-0.1, -0.05) is 40.5 Å². The molecule has 2 fully saturated rings. The van der Waals surface area contributed by atoms with E-state index >= 15 is 0 Å². The highest BCUT2D eigenvalue weighted by atomic mass is 16.3. The van der Waals surface area contributed by atoms with Crippen LogP contribution in [0.5, 0.6) is 0 Å². The van der Waals surface area contributed by atoms with Gasteiger partial charge in [0.15, 0.2) is 0 Å². The highest BCUT2D eigenvalue weighted by Crippen LogP contribution is 2.70. The van der Waals surface area contributed by atoms with Crippen molar-refractivity contribution < 1.29 is 5.11 Å². The molecule has 0 amide bonds. The van der Waals surface area contributed by atoms with Crippen LogP contribution in [0.4, 0.5) is 0 Å². The lowest BCUT2D eigenvalue weighted by Crippen LogP contribution is -2.14. The Bertz CT molecular complexity index is 199. The normalized spacial score (nSPS) is 33.0. The molecular formula is C12H22O. The minimum Gasteiger partial charge on any atom is -0.393 e. The van der Waals surface area contributed by atoms with Crippen molar-refractivity contribution >= 4 is 0 Å². The van der Waals surface area contributed by atoms with Crippen molar-refractivity contribution in [3.63, 3.8) is 0 Å². The van der Waals surface area contributed by atoms with Crippen LogP contribution in [-0.2, 0) is 0 Å². The molecule has 0 radical (unpaired) electrons. The van der Waals surface area contributed by atoms with Crippen molar-refractivity contribution in [3.05, 3.63) is 0 Å². The van der Waals surface area contributed by atoms with Crippen molar-refractivity contribution in [1.29, 1.82) is 0 Å². The second-order valence-electron chi connectivity index (χ2n) is 6.17. The van der Waals surface area contributed by atoms with E-state index in [1.807, 2.05) is 0 Å². The van der Waals surface area contributed by atoms with Crippen molar-refractivity contribution in [1.82, 2.24) is 0 Å². The lowest BCUT2D eigenvalue weighted by atomic mass is 10.0. The van der Waals surface area contributed by atoms with Gasteiger partial charge in [0.2, 0.25) is 0 Å². The van der Waals surface area contributed by atoms with Crippen LogP contribution in [0.25, 0.3) is 0 Å². The average molecular weight is 182 g/mol. The molecule has 1 N–H and O–H groups in total. The van der Waals surface area contributed by atoms with E-state index in [9.17, 15) is 5.11 Å². The van der Waals surface area contributed by atoms with Crippen LogP contribution in [0.15, 0.2) is 0 Å². The zero-order chi connectivity index (χ0) is 9.85. The molecule has 0 aliphatic heterocycles. The summed E-state index contributed by atoms with van der Waals surface area (Å²) in [7, 11) is 0. The van der Waals surface area contributed by atoms with E-state index in [4.69, 9.17) is 0 Å². The molecule has 13 heavy (non-hydrogen) atoms. The summed E-state index contributed by atoms with van der Waals surface area (Å²) in [4.78, 5) is 0. The van der Waals surface area contributed by atoms with E-state index in [-0.39, 0.29) is 6.10 Å². The summed E-state index contributed by atoms with van der Waals surface area (Å²) in [6.45, 7) is 9.14. The summed E-state index contributed by atoms with van der Waals surface area (Å²) in [5, 5.41) is 10.1. The third kappa shape index (κ3) is 1.32. The molecule has 0 aromatic carbocycles. The van der Waals surface area contributed by atoms with Gasteiger partial charge in [0.1, 0.15) is 0 Å². The standard InChI is InChI=1S/C12H22O/c1-11(2)10(12(11,3)4)9(13)7-8-5-6-8/h8-10,13H,5-7H2,1-4H3. The quantitative estimate of drug-likeness (QED) is 0.711. The van der Waals surface area contributed by atoms with E-state index < -0.39 is 0 Å².